The molecule has 5 nitrogen and oxygen atoms in total. The number of anilines is 1. The van der Waals surface area contributed by atoms with Gasteiger partial charge in [0, 0.05) is 30.5 Å². The van der Waals surface area contributed by atoms with E-state index >= 15 is 0 Å². The van der Waals surface area contributed by atoms with E-state index in [1.807, 2.05) is 29.2 Å². The number of ether oxygens (including phenoxy) is 2. The standard InChI is InChI=1S/C19H26N2O3/c1-19(2)16(12-9-11-24-17(12)19)20-13-8-10-21(18(13)22)14-6-4-5-7-15(14)23-3/h4-7,12-13,16-17,20H,8-11H2,1-3H3/t12-,13+,16-,17-/m1/s1. The first-order valence-electron chi connectivity index (χ1n) is 8.86. The van der Waals surface area contributed by atoms with Crippen LogP contribution in [0.5, 0.6) is 5.75 Å². The number of para-hydroxylation sites is 2. The van der Waals surface area contributed by atoms with Crippen molar-refractivity contribution in [1.82, 2.24) is 5.32 Å². The van der Waals surface area contributed by atoms with Crippen LogP contribution >= 0.6 is 0 Å². The molecule has 3 aliphatic rings. The van der Waals surface area contributed by atoms with Crippen LogP contribution in [0.25, 0.3) is 0 Å². The molecule has 1 aliphatic carbocycles. The summed E-state index contributed by atoms with van der Waals surface area (Å²) in [7, 11) is 1.65. The number of nitrogens with zero attached hydrogens (tertiary/aromatic N) is 1. The average molecular weight is 330 g/mol. The van der Waals surface area contributed by atoms with Crippen molar-refractivity contribution in [2.75, 3.05) is 25.2 Å². The third-order valence-corrected chi connectivity index (χ3v) is 6.06. The van der Waals surface area contributed by atoms with Gasteiger partial charge < -0.3 is 19.7 Å². The third kappa shape index (κ3) is 2.25. The summed E-state index contributed by atoms with van der Waals surface area (Å²) in [5, 5.41) is 3.65. The summed E-state index contributed by atoms with van der Waals surface area (Å²) in [4.78, 5) is 14.8. The van der Waals surface area contributed by atoms with Crippen LogP contribution in [0.3, 0.4) is 0 Å². The highest BCUT2D eigenvalue weighted by molar-refractivity contribution is 6.00. The first-order chi connectivity index (χ1) is 11.5. The fourth-order valence-corrected chi connectivity index (χ4v) is 4.81. The van der Waals surface area contributed by atoms with Gasteiger partial charge in [-0.05, 0) is 25.0 Å². The van der Waals surface area contributed by atoms with Gasteiger partial charge in [0.2, 0.25) is 5.91 Å². The number of amides is 1. The molecule has 1 amide bonds. The number of benzene rings is 1. The minimum atomic E-state index is -0.110. The van der Waals surface area contributed by atoms with Gasteiger partial charge in [0.25, 0.3) is 0 Å². The number of hydrogen-bond donors (Lipinski definition) is 1. The van der Waals surface area contributed by atoms with Crippen molar-refractivity contribution in [3.8, 4) is 5.75 Å². The second-order valence-corrected chi connectivity index (χ2v) is 7.71. The van der Waals surface area contributed by atoms with Gasteiger partial charge in [-0.3, -0.25) is 4.79 Å². The minimum absolute atomic E-state index is 0.0965. The Balaban J connectivity index is 1.48. The van der Waals surface area contributed by atoms with Crippen molar-refractivity contribution in [2.45, 2.75) is 44.9 Å². The van der Waals surface area contributed by atoms with Crippen LogP contribution in [0.2, 0.25) is 0 Å². The van der Waals surface area contributed by atoms with Crippen molar-refractivity contribution >= 4 is 11.6 Å². The molecule has 2 aliphatic heterocycles. The van der Waals surface area contributed by atoms with Gasteiger partial charge in [0.15, 0.2) is 0 Å². The number of carbonyl (C=O) groups is 1. The maximum absolute atomic E-state index is 12.9. The van der Waals surface area contributed by atoms with Gasteiger partial charge in [-0.1, -0.05) is 26.0 Å². The molecular formula is C19H26N2O3. The fraction of sp³-hybridized carbons (Fsp3) is 0.632. The molecule has 24 heavy (non-hydrogen) atoms. The smallest absolute Gasteiger partial charge is 0.244 e. The van der Waals surface area contributed by atoms with Crippen molar-refractivity contribution in [3.05, 3.63) is 24.3 Å². The largest absolute Gasteiger partial charge is 0.495 e. The molecular weight excluding hydrogens is 304 g/mol. The molecule has 1 N–H and O–H groups in total. The van der Waals surface area contributed by atoms with Crippen molar-refractivity contribution in [3.63, 3.8) is 0 Å². The normalized spacial score (nSPS) is 34.1. The van der Waals surface area contributed by atoms with Crippen molar-refractivity contribution < 1.29 is 14.3 Å². The van der Waals surface area contributed by atoms with Crippen LogP contribution in [0, 0.1) is 11.3 Å². The molecule has 4 atom stereocenters. The zero-order chi connectivity index (χ0) is 16.9. The van der Waals surface area contributed by atoms with E-state index in [-0.39, 0.29) is 17.4 Å². The maximum Gasteiger partial charge on any atom is 0.244 e. The summed E-state index contributed by atoms with van der Waals surface area (Å²) in [5.41, 5.74) is 0.962. The Labute approximate surface area is 143 Å². The van der Waals surface area contributed by atoms with E-state index in [0.29, 0.717) is 18.1 Å². The summed E-state index contributed by atoms with van der Waals surface area (Å²) in [6, 6.07) is 7.97. The molecule has 1 aromatic carbocycles. The highest BCUT2D eigenvalue weighted by Gasteiger charge is 2.60. The van der Waals surface area contributed by atoms with E-state index in [1.165, 1.54) is 0 Å². The first kappa shape index (κ1) is 15.9. The van der Waals surface area contributed by atoms with Crippen LogP contribution in [-0.4, -0.2) is 44.4 Å². The SMILES string of the molecule is COc1ccccc1N1CC[C@H](N[C@@H]2[C@H]3CCO[C@H]3C2(C)C)C1=O. The molecule has 5 heteroatoms. The average Bonchev–Trinajstić information content (AvgIpc) is 3.18. The Kier molecular flexibility index (Phi) is 3.81. The monoisotopic (exact) mass is 330 g/mol. The number of nitrogens with one attached hydrogen (secondary N) is 1. The Bertz CT molecular complexity index is 645. The fourth-order valence-electron chi connectivity index (χ4n) is 4.81. The summed E-state index contributed by atoms with van der Waals surface area (Å²) < 4.78 is 11.3. The van der Waals surface area contributed by atoms with Crippen LogP contribution in [0.15, 0.2) is 24.3 Å². The van der Waals surface area contributed by atoms with Gasteiger partial charge >= 0.3 is 0 Å². The van der Waals surface area contributed by atoms with Crippen molar-refractivity contribution in [1.29, 1.82) is 0 Å². The molecule has 0 radical (unpaired) electrons. The predicted octanol–water partition coefficient (Wildman–Crippen LogP) is 2.20. The number of methoxy groups -OCH3 is 1. The van der Waals surface area contributed by atoms with Crippen LogP contribution in [-0.2, 0) is 9.53 Å². The molecule has 0 unspecified atom stereocenters. The van der Waals surface area contributed by atoms with E-state index < -0.39 is 0 Å². The van der Waals surface area contributed by atoms with Gasteiger partial charge in [-0.15, -0.1) is 0 Å². The molecule has 2 saturated heterocycles. The number of carbonyl (C=O) groups excluding carboxylic acids is 1. The molecule has 2 heterocycles. The maximum atomic E-state index is 12.9. The molecule has 0 spiro atoms. The van der Waals surface area contributed by atoms with E-state index in [1.54, 1.807) is 7.11 Å². The summed E-state index contributed by atoms with van der Waals surface area (Å²) >= 11 is 0. The second kappa shape index (κ2) is 5.74. The molecule has 0 bridgehead atoms. The highest BCUT2D eigenvalue weighted by atomic mass is 16.5. The molecule has 130 valence electrons. The van der Waals surface area contributed by atoms with E-state index in [4.69, 9.17) is 9.47 Å². The number of fused-ring (bicyclic) bond motifs is 1. The number of rotatable bonds is 4. The van der Waals surface area contributed by atoms with E-state index in [9.17, 15) is 4.79 Å². The lowest BCUT2D eigenvalue weighted by Crippen LogP contribution is -2.68. The van der Waals surface area contributed by atoms with Crippen molar-refractivity contribution in [2.24, 2.45) is 11.3 Å². The van der Waals surface area contributed by atoms with Gasteiger partial charge in [-0.2, -0.15) is 0 Å². The number of hydrogen-bond acceptors (Lipinski definition) is 4. The second-order valence-electron chi connectivity index (χ2n) is 7.71. The molecule has 3 fully saturated rings. The highest BCUT2D eigenvalue weighted by Crippen LogP contribution is 2.52. The Morgan fingerprint density at radius 2 is 2.08 bits per heavy atom. The van der Waals surface area contributed by atoms with Crippen LogP contribution < -0.4 is 15.0 Å². The predicted molar refractivity (Wildman–Crippen MR) is 92.3 cm³/mol. The van der Waals surface area contributed by atoms with Gasteiger partial charge in [-0.25, -0.2) is 0 Å². The summed E-state index contributed by atoms with van der Waals surface area (Å²) in [6.07, 6.45) is 2.28. The lowest BCUT2D eigenvalue weighted by molar-refractivity contribution is -0.127. The zero-order valence-electron chi connectivity index (χ0n) is 14.6. The van der Waals surface area contributed by atoms with Gasteiger partial charge in [0.05, 0.1) is 24.9 Å². The topological polar surface area (TPSA) is 50.8 Å². The molecule has 1 aromatic rings. The quantitative estimate of drug-likeness (QED) is 0.919. The lowest BCUT2D eigenvalue weighted by atomic mass is 9.57. The zero-order valence-corrected chi connectivity index (χ0v) is 14.6. The Morgan fingerprint density at radius 3 is 2.88 bits per heavy atom. The molecule has 4 rings (SSSR count). The van der Waals surface area contributed by atoms with Gasteiger partial charge in [0.1, 0.15) is 5.75 Å². The first-order valence-corrected chi connectivity index (χ1v) is 8.86. The Hall–Kier alpha value is -1.59. The third-order valence-electron chi connectivity index (χ3n) is 6.06. The minimum Gasteiger partial charge on any atom is -0.495 e. The lowest BCUT2D eigenvalue weighted by Gasteiger charge is -2.55. The van der Waals surface area contributed by atoms with E-state index in [2.05, 4.69) is 19.2 Å². The molecule has 0 aromatic heterocycles. The van der Waals surface area contributed by atoms with Crippen LogP contribution in [0.1, 0.15) is 26.7 Å². The molecule has 1 saturated carbocycles. The Morgan fingerprint density at radius 1 is 1.29 bits per heavy atom. The van der Waals surface area contributed by atoms with Crippen LogP contribution in [0.4, 0.5) is 5.69 Å². The summed E-state index contributed by atoms with van der Waals surface area (Å²) in [6.45, 7) is 6.07. The summed E-state index contributed by atoms with van der Waals surface area (Å²) in [5.74, 6) is 1.45. The van der Waals surface area contributed by atoms with E-state index in [0.717, 1.165) is 37.4 Å².